The maximum Gasteiger partial charge on any atom is 0.315 e. The summed E-state index contributed by atoms with van der Waals surface area (Å²) in [5.41, 5.74) is 3.28. The number of esters is 1. The molecule has 1 aliphatic heterocycles. The van der Waals surface area contributed by atoms with Crippen LogP contribution < -0.4 is 15.0 Å². The minimum Gasteiger partial charge on any atom is -0.426 e. The van der Waals surface area contributed by atoms with Crippen LogP contribution in [0.3, 0.4) is 0 Å². The topological polar surface area (TPSA) is 58.6 Å². The number of anilines is 1. The number of aryl methyl sites for hydroxylation is 1. The highest BCUT2D eigenvalue weighted by Gasteiger charge is 2.34. The lowest BCUT2D eigenvalue weighted by Crippen LogP contribution is -2.34. The van der Waals surface area contributed by atoms with Crippen LogP contribution in [0.25, 0.3) is 0 Å². The molecular formula is C25H32N2O3. The fourth-order valence-corrected chi connectivity index (χ4v) is 4.10. The molecule has 30 heavy (non-hydrogen) atoms. The Labute approximate surface area is 179 Å². The highest BCUT2D eigenvalue weighted by atomic mass is 16.5. The fourth-order valence-electron chi connectivity index (χ4n) is 4.10. The van der Waals surface area contributed by atoms with Crippen molar-refractivity contribution in [1.82, 2.24) is 5.32 Å². The van der Waals surface area contributed by atoms with Gasteiger partial charge in [0.25, 0.3) is 0 Å². The Hall–Kier alpha value is -2.82. The van der Waals surface area contributed by atoms with Crippen LogP contribution in [0.1, 0.15) is 50.7 Å². The van der Waals surface area contributed by atoms with Crippen LogP contribution in [-0.2, 0) is 16.0 Å². The maximum atomic E-state index is 12.6. The molecule has 1 amide bonds. The highest BCUT2D eigenvalue weighted by Crippen LogP contribution is 2.40. The molecule has 5 nitrogen and oxygen atoms in total. The molecule has 0 aromatic heterocycles. The van der Waals surface area contributed by atoms with Crippen LogP contribution in [0.4, 0.5) is 5.69 Å². The summed E-state index contributed by atoms with van der Waals surface area (Å²) >= 11 is 0. The third kappa shape index (κ3) is 5.21. The van der Waals surface area contributed by atoms with E-state index < -0.39 is 0 Å². The number of hydrogen-bond donors (Lipinski definition) is 1. The van der Waals surface area contributed by atoms with Crippen molar-refractivity contribution in [1.29, 1.82) is 0 Å². The molecule has 0 bridgehead atoms. The van der Waals surface area contributed by atoms with Gasteiger partial charge >= 0.3 is 5.97 Å². The standard InChI is InChI=1S/C25H32N2O3/c1-4-27(5-2)20-12-13-21-18(3)22(25(29)30-23(21)17-20)15-16-26-24(28)14-11-19-9-7-6-8-10-19/h6-10,12-13,17-18,22H,4-5,11,14-16H2,1-3H3,(H,26,28). The average Bonchev–Trinajstić information content (AvgIpc) is 2.76. The van der Waals surface area contributed by atoms with Crippen molar-refractivity contribution < 1.29 is 14.3 Å². The number of carbonyl (C=O) groups excluding carboxylic acids is 2. The first-order valence-electron chi connectivity index (χ1n) is 10.9. The predicted molar refractivity (Wildman–Crippen MR) is 120 cm³/mol. The number of hydrogen-bond acceptors (Lipinski definition) is 4. The van der Waals surface area contributed by atoms with Gasteiger partial charge in [-0.15, -0.1) is 0 Å². The smallest absolute Gasteiger partial charge is 0.315 e. The van der Waals surface area contributed by atoms with Crippen LogP contribution >= 0.6 is 0 Å². The Morgan fingerprint density at radius 3 is 2.53 bits per heavy atom. The van der Waals surface area contributed by atoms with Crippen LogP contribution in [0, 0.1) is 5.92 Å². The van der Waals surface area contributed by atoms with Crippen molar-refractivity contribution in [3.63, 3.8) is 0 Å². The van der Waals surface area contributed by atoms with Crippen molar-refractivity contribution in [2.75, 3.05) is 24.5 Å². The molecule has 0 radical (unpaired) electrons. The van der Waals surface area contributed by atoms with Crippen molar-refractivity contribution >= 4 is 17.6 Å². The molecule has 2 unspecified atom stereocenters. The SMILES string of the molecule is CCN(CC)c1ccc2c(c1)OC(=O)C(CCNC(=O)CCc1ccccc1)C2C. The van der Waals surface area contributed by atoms with Gasteiger partial charge in [0.1, 0.15) is 5.75 Å². The lowest BCUT2D eigenvalue weighted by molar-refractivity contribution is -0.141. The monoisotopic (exact) mass is 408 g/mol. The summed E-state index contributed by atoms with van der Waals surface area (Å²) in [6.07, 6.45) is 1.75. The van der Waals surface area contributed by atoms with Gasteiger partial charge in [0.2, 0.25) is 5.91 Å². The minimum atomic E-state index is -0.244. The molecule has 1 N–H and O–H groups in total. The predicted octanol–water partition coefficient (Wildman–Crippen LogP) is 4.31. The second kappa shape index (κ2) is 10.3. The number of nitrogens with zero attached hydrogens (tertiary/aromatic N) is 1. The fraction of sp³-hybridized carbons (Fsp3) is 0.440. The van der Waals surface area contributed by atoms with Gasteiger partial charge in [0.05, 0.1) is 5.92 Å². The van der Waals surface area contributed by atoms with Crippen molar-refractivity contribution in [2.45, 2.75) is 46.0 Å². The summed E-state index contributed by atoms with van der Waals surface area (Å²) in [4.78, 5) is 27.0. The number of rotatable bonds is 9. The number of carbonyl (C=O) groups is 2. The van der Waals surface area contributed by atoms with Gasteiger partial charge in [0.15, 0.2) is 0 Å². The van der Waals surface area contributed by atoms with Crippen LogP contribution in [-0.4, -0.2) is 31.5 Å². The zero-order valence-corrected chi connectivity index (χ0v) is 18.2. The first-order valence-corrected chi connectivity index (χ1v) is 10.9. The molecule has 1 heterocycles. The number of amides is 1. The van der Waals surface area contributed by atoms with Gasteiger partial charge in [-0.2, -0.15) is 0 Å². The molecule has 160 valence electrons. The molecular weight excluding hydrogens is 376 g/mol. The van der Waals surface area contributed by atoms with Crippen LogP contribution in [0.15, 0.2) is 48.5 Å². The Balaban J connectivity index is 1.54. The molecule has 0 saturated carbocycles. The Kier molecular flexibility index (Phi) is 7.50. The molecule has 3 rings (SSSR count). The minimum absolute atomic E-state index is 0.0138. The summed E-state index contributed by atoms with van der Waals surface area (Å²) in [7, 11) is 0. The Morgan fingerprint density at radius 2 is 1.83 bits per heavy atom. The molecule has 2 atom stereocenters. The number of ether oxygens (including phenoxy) is 1. The van der Waals surface area contributed by atoms with E-state index in [9.17, 15) is 9.59 Å². The van der Waals surface area contributed by atoms with Crippen LogP contribution in [0.2, 0.25) is 0 Å². The second-order valence-corrected chi connectivity index (χ2v) is 7.83. The molecule has 0 aliphatic carbocycles. The number of benzene rings is 2. The molecule has 2 aromatic rings. The van der Waals surface area contributed by atoms with E-state index in [1.807, 2.05) is 36.4 Å². The largest absolute Gasteiger partial charge is 0.426 e. The zero-order chi connectivity index (χ0) is 21.5. The van der Waals surface area contributed by atoms with Gasteiger partial charge in [-0.05, 0) is 49.8 Å². The lowest BCUT2D eigenvalue weighted by Gasteiger charge is -2.31. The summed E-state index contributed by atoms with van der Waals surface area (Å²) in [6.45, 7) is 8.59. The molecule has 2 aromatic carbocycles. The van der Waals surface area contributed by atoms with Crippen LogP contribution in [0.5, 0.6) is 5.75 Å². The first-order chi connectivity index (χ1) is 14.5. The van der Waals surface area contributed by atoms with E-state index >= 15 is 0 Å². The van der Waals surface area contributed by atoms with Crippen molar-refractivity contribution in [3.05, 3.63) is 59.7 Å². The summed E-state index contributed by atoms with van der Waals surface area (Å²) < 4.78 is 5.68. The highest BCUT2D eigenvalue weighted by molar-refractivity contribution is 5.80. The number of fused-ring (bicyclic) bond motifs is 1. The van der Waals surface area contributed by atoms with E-state index in [2.05, 4.69) is 43.1 Å². The molecule has 5 heteroatoms. The third-order valence-electron chi connectivity index (χ3n) is 5.99. The van der Waals surface area contributed by atoms with Crippen molar-refractivity contribution in [3.8, 4) is 5.75 Å². The van der Waals surface area contributed by atoms with Gasteiger partial charge < -0.3 is 15.0 Å². The van der Waals surface area contributed by atoms with Gasteiger partial charge in [-0.25, -0.2) is 0 Å². The van der Waals surface area contributed by atoms with E-state index in [0.29, 0.717) is 25.1 Å². The van der Waals surface area contributed by atoms with E-state index in [4.69, 9.17) is 4.74 Å². The van der Waals surface area contributed by atoms with Crippen molar-refractivity contribution in [2.24, 2.45) is 5.92 Å². The third-order valence-corrected chi connectivity index (χ3v) is 5.99. The van der Waals surface area contributed by atoms with E-state index in [1.54, 1.807) is 0 Å². The molecule has 0 saturated heterocycles. The average molecular weight is 409 g/mol. The Morgan fingerprint density at radius 1 is 1.10 bits per heavy atom. The van der Waals surface area contributed by atoms with Gasteiger partial charge in [-0.3, -0.25) is 9.59 Å². The van der Waals surface area contributed by atoms with E-state index in [-0.39, 0.29) is 23.7 Å². The first kappa shape index (κ1) is 21.9. The Bertz CT molecular complexity index is 862. The van der Waals surface area contributed by atoms with E-state index in [1.165, 1.54) is 0 Å². The van der Waals surface area contributed by atoms with Gasteiger partial charge in [0, 0.05) is 37.8 Å². The second-order valence-electron chi connectivity index (χ2n) is 7.83. The summed E-state index contributed by atoms with van der Waals surface area (Å²) in [6, 6.07) is 16.1. The zero-order valence-electron chi connectivity index (χ0n) is 18.2. The number of nitrogens with one attached hydrogen (secondary N) is 1. The van der Waals surface area contributed by atoms with E-state index in [0.717, 1.165) is 36.3 Å². The molecule has 0 fully saturated rings. The maximum absolute atomic E-state index is 12.6. The quantitative estimate of drug-likeness (QED) is 0.496. The normalized spacial score (nSPS) is 17.8. The van der Waals surface area contributed by atoms with Gasteiger partial charge in [-0.1, -0.05) is 43.3 Å². The summed E-state index contributed by atoms with van der Waals surface area (Å²) in [5, 5.41) is 2.95. The molecule has 0 spiro atoms. The molecule has 1 aliphatic rings. The summed E-state index contributed by atoms with van der Waals surface area (Å²) in [5.74, 6) is 0.296. The lowest BCUT2D eigenvalue weighted by atomic mass is 9.83.